The molecule has 1 saturated heterocycles. The first-order chi connectivity index (χ1) is 9.57. The molecule has 1 heterocycles. The number of rotatable bonds is 4. The van der Waals surface area contributed by atoms with E-state index in [1.807, 2.05) is 6.07 Å². The van der Waals surface area contributed by atoms with Crippen molar-refractivity contribution < 1.29 is 4.39 Å². The van der Waals surface area contributed by atoms with Crippen LogP contribution in [0.15, 0.2) is 22.7 Å². The van der Waals surface area contributed by atoms with Crippen LogP contribution in [0.5, 0.6) is 0 Å². The standard InChI is InChI=1S/C16H24BrFN2/c1-3-16(4-2)12-20(7-5-6-19-16)11-13-8-14(17)10-15(18)9-13/h8-10,19H,3-7,11-12H2,1-2H3. The molecule has 2 rings (SSSR count). The fourth-order valence-electron chi connectivity index (χ4n) is 3.04. The molecule has 0 unspecified atom stereocenters. The highest BCUT2D eigenvalue weighted by atomic mass is 79.9. The minimum Gasteiger partial charge on any atom is -0.310 e. The molecule has 0 aromatic heterocycles. The average molecular weight is 343 g/mol. The summed E-state index contributed by atoms with van der Waals surface area (Å²) in [5.41, 5.74) is 1.25. The van der Waals surface area contributed by atoms with E-state index in [-0.39, 0.29) is 11.4 Å². The van der Waals surface area contributed by atoms with Crippen LogP contribution in [-0.2, 0) is 6.54 Å². The smallest absolute Gasteiger partial charge is 0.124 e. The van der Waals surface area contributed by atoms with Gasteiger partial charge in [0.25, 0.3) is 0 Å². The van der Waals surface area contributed by atoms with Crippen molar-refractivity contribution in [2.24, 2.45) is 0 Å². The molecule has 1 aliphatic rings. The van der Waals surface area contributed by atoms with Crippen LogP contribution >= 0.6 is 15.9 Å². The van der Waals surface area contributed by atoms with Gasteiger partial charge in [-0.2, -0.15) is 0 Å². The zero-order chi connectivity index (χ0) is 14.6. The molecule has 2 nitrogen and oxygen atoms in total. The van der Waals surface area contributed by atoms with Gasteiger partial charge in [0, 0.05) is 23.1 Å². The van der Waals surface area contributed by atoms with Gasteiger partial charge in [-0.1, -0.05) is 29.8 Å². The Morgan fingerprint density at radius 3 is 2.70 bits per heavy atom. The molecule has 0 aliphatic carbocycles. The molecule has 0 saturated carbocycles. The molecule has 0 atom stereocenters. The van der Waals surface area contributed by atoms with Crippen molar-refractivity contribution >= 4 is 15.9 Å². The summed E-state index contributed by atoms with van der Waals surface area (Å²) < 4.78 is 14.3. The number of nitrogens with one attached hydrogen (secondary N) is 1. The minimum absolute atomic E-state index is 0.167. The van der Waals surface area contributed by atoms with Crippen molar-refractivity contribution in [3.8, 4) is 0 Å². The van der Waals surface area contributed by atoms with Crippen molar-refractivity contribution in [1.82, 2.24) is 10.2 Å². The molecule has 0 amide bonds. The van der Waals surface area contributed by atoms with Crippen LogP contribution < -0.4 is 5.32 Å². The molecule has 20 heavy (non-hydrogen) atoms. The van der Waals surface area contributed by atoms with Gasteiger partial charge in [0.2, 0.25) is 0 Å². The molecule has 0 bridgehead atoms. The lowest BCUT2D eigenvalue weighted by Gasteiger charge is -2.35. The summed E-state index contributed by atoms with van der Waals surface area (Å²) in [6.45, 7) is 8.50. The van der Waals surface area contributed by atoms with Gasteiger partial charge >= 0.3 is 0 Å². The Hall–Kier alpha value is -0.450. The summed E-state index contributed by atoms with van der Waals surface area (Å²) >= 11 is 3.37. The van der Waals surface area contributed by atoms with Crippen LogP contribution in [0.25, 0.3) is 0 Å². The first kappa shape index (κ1) is 15.9. The summed E-state index contributed by atoms with van der Waals surface area (Å²) in [6, 6.07) is 5.17. The molecule has 0 spiro atoms. The van der Waals surface area contributed by atoms with Gasteiger partial charge in [-0.05, 0) is 56.1 Å². The largest absolute Gasteiger partial charge is 0.310 e. The second-order valence-corrected chi connectivity index (χ2v) is 6.67. The summed E-state index contributed by atoms with van der Waals surface area (Å²) in [4.78, 5) is 2.45. The average Bonchev–Trinajstić information content (AvgIpc) is 2.60. The summed E-state index contributed by atoms with van der Waals surface area (Å²) in [5, 5.41) is 3.71. The number of hydrogen-bond donors (Lipinski definition) is 1. The molecule has 112 valence electrons. The van der Waals surface area contributed by atoms with Crippen LogP contribution in [0.3, 0.4) is 0 Å². The van der Waals surface area contributed by atoms with Gasteiger partial charge in [-0.3, -0.25) is 4.90 Å². The van der Waals surface area contributed by atoms with Crippen LogP contribution in [0.2, 0.25) is 0 Å². The third-order valence-electron chi connectivity index (χ3n) is 4.36. The van der Waals surface area contributed by atoms with Crippen LogP contribution in [0.4, 0.5) is 4.39 Å². The maximum absolute atomic E-state index is 13.5. The molecule has 1 aromatic rings. The maximum atomic E-state index is 13.5. The molecule has 4 heteroatoms. The lowest BCUT2D eigenvalue weighted by Crippen LogP contribution is -2.50. The SMILES string of the molecule is CCC1(CC)CN(Cc2cc(F)cc(Br)c2)CCCN1. The van der Waals surface area contributed by atoms with E-state index in [9.17, 15) is 4.39 Å². The topological polar surface area (TPSA) is 15.3 Å². The monoisotopic (exact) mass is 342 g/mol. The Morgan fingerprint density at radius 1 is 1.30 bits per heavy atom. The van der Waals surface area contributed by atoms with Crippen LogP contribution in [0.1, 0.15) is 38.7 Å². The summed E-state index contributed by atoms with van der Waals surface area (Å²) in [6.07, 6.45) is 3.41. The Kier molecular flexibility index (Phi) is 5.58. The highest BCUT2D eigenvalue weighted by Gasteiger charge is 2.30. The van der Waals surface area contributed by atoms with E-state index in [0.29, 0.717) is 0 Å². The zero-order valence-corrected chi connectivity index (χ0v) is 14.0. The van der Waals surface area contributed by atoms with Crippen molar-refractivity contribution in [2.75, 3.05) is 19.6 Å². The molecule has 1 N–H and O–H groups in total. The lowest BCUT2D eigenvalue weighted by molar-refractivity contribution is 0.191. The van der Waals surface area contributed by atoms with Gasteiger partial charge in [0.05, 0.1) is 0 Å². The molecular formula is C16H24BrFN2. The van der Waals surface area contributed by atoms with Crippen molar-refractivity contribution in [3.63, 3.8) is 0 Å². The fourth-order valence-corrected chi connectivity index (χ4v) is 3.55. The van der Waals surface area contributed by atoms with Gasteiger partial charge < -0.3 is 5.32 Å². The predicted octanol–water partition coefficient (Wildman–Crippen LogP) is 3.94. The van der Waals surface area contributed by atoms with Crippen LogP contribution in [-0.4, -0.2) is 30.1 Å². The van der Waals surface area contributed by atoms with E-state index in [2.05, 4.69) is 40.0 Å². The third kappa shape index (κ3) is 4.03. The second-order valence-electron chi connectivity index (χ2n) is 5.76. The second kappa shape index (κ2) is 7.01. The first-order valence-corrected chi connectivity index (χ1v) is 8.28. The van der Waals surface area contributed by atoms with Crippen LogP contribution in [0, 0.1) is 5.82 Å². The Morgan fingerprint density at radius 2 is 2.05 bits per heavy atom. The Balaban J connectivity index is 2.10. The van der Waals surface area contributed by atoms with E-state index < -0.39 is 0 Å². The van der Waals surface area contributed by atoms with E-state index in [0.717, 1.165) is 55.5 Å². The normalized spacial score (nSPS) is 19.8. The number of halogens is 2. The lowest BCUT2D eigenvalue weighted by atomic mass is 9.92. The maximum Gasteiger partial charge on any atom is 0.124 e. The summed E-state index contributed by atoms with van der Waals surface area (Å²) in [5.74, 6) is -0.167. The molecule has 0 radical (unpaired) electrons. The highest BCUT2D eigenvalue weighted by molar-refractivity contribution is 9.10. The number of hydrogen-bond acceptors (Lipinski definition) is 2. The predicted molar refractivity (Wildman–Crippen MR) is 85.3 cm³/mol. The van der Waals surface area contributed by atoms with Crippen molar-refractivity contribution in [2.45, 2.75) is 45.2 Å². The van der Waals surface area contributed by atoms with E-state index in [1.165, 1.54) is 6.07 Å². The minimum atomic E-state index is -0.167. The van der Waals surface area contributed by atoms with Gasteiger partial charge in [-0.25, -0.2) is 4.39 Å². The number of benzene rings is 1. The highest BCUT2D eigenvalue weighted by Crippen LogP contribution is 2.22. The van der Waals surface area contributed by atoms with Gasteiger partial charge in [0.1, 0.15) is 5.82 Å². The van der Waals surface area contributed by atoms with E-state index >= 15 is 0 Å². The Labute approximate surface area is 129 Å². The Bertz CT molecular complexity index is 426. The van der Waals surface area contributed by atoms with E-state index in [4.69, 9.17) is 0 Å². The fraction of sp³-hybridized carbons (Fsp3) is 0.625. The van der Waals surface area contributed by atoms with Gasteiger partial charge in [-0.15, -0.1) is 0 Å². The number of nitrogens with zero attached hydrogens (tertiary/aromatic N) is 1. The van der Waals surface area contributed by atoms with E-state index in [1.54, 1.807) is 6.07 Å². The zero-order valence-electron chi connectivity index (χ0n) is 12.4. The third-order valence-corrected chi connectivity index (χ3v) is 4.82. The molecule has 1 aromatic carbocycles. The molecule has 1 fully saturated rings. The summed E-state index contributed by atoms with van der Waals surface area (Å²) in [7, 11) is 0. The first-order valence-electron chi connectivity index (χ1n) is 7.49. The van der Waals surface area contributed by atoms with Gasteiger partial charge in [0.15, 0.2) is 0 Å². The quantitative estimate of drug-likeness (QED) is 0.891. The molecule has 1 aliphatic heterocycles. The van der Waals surface area contributed by atoms with Crippen molar-refractivity contribution in [1.29, 1.82) is 0 Å². The van der Waals surface area contributed by atoms with Crippen molar-refractivity contribution in [3.05, 3.63) is 34.1 Å². The molecular weight excluding hydrogens is 319 g/mol.